The summed E-state index contributed by atoms with van der Waals surface area (Å²) in [5.74, 6) is -1.69. The van der Waals surface area contributed by atoms with Gasteiger partial charge in [0.05, 0.1) is 22.0 Å². The zero-order valence-electron chi connectivity index (χ0n) is 15.8. The van der Waals surface area contributed by atoms with Crippen molar-refractivity contribution in [2.45, 2.75) is 20.0 Å². The first-order chi connectivity index (χ1) is 14.2. The molecule has 2 aromatic carbocycles. The van der Waals surface area contributed by atoms with E-state index in [1.165, 1.54) is 30.2 Å². The number of sulfonamides is 1. The van der Waals surface area contributed by atoms with Crippen LogP contribution in [-0.2, 0) is 23.1 Å². The number of hydrogen-bond acceptors (Lipinski definition) is 5. The van der Waals surface area contributed by atoms with Crippen LogP contribution in [0.4, 0.5) is 10.1 Å². The molecule has 0 saturated heterocycles. The highest BCUT2D eigenvalue weighted by atomic mass is 35.5. The maximum absolute atomic E-state index is 14.3. The third kappa shape index (κ3) is 3.33. The number of phenolic OH excluding ortho intramolecular Hbond substituents is 1. The minimum absolute atomic E-state index is 0.0138. The van der Waals surface area contributed by atoms with Crippen LogP contribution < -0.4 is 4.72 Å². The molecule has 2 N–H and O–H groups in total. The summed E-state index contributed by atoms with van der Waals surface area (Å²) in [7, 11) is -3.67. The van der Waals surface area contributed by atoms with Crippen molar-refractivity contribution in [3.05, 3.63) is 64.1 Å². The van der Waals surface area contributed by atoms with E-state index < -0.39 is 21.7 Å². The summed E-state index contributed by atoms with van der Waals surface area (Å²) < 4.78 is 41.4. The molecule has 0 bridgehead atoms. The molecule has 0 fully saturated rings. The predicted octanol–water partition coefficient (Wildman–Crippen LogP) is 3.65. The lowest BCUT2D eigenvalue weighted by Crippen LogP contribution is -2.24. The van der Waals surface area contributed by atoms with Crippen LogP contribution in [-0.4, -0.2) is 35.1 Å². The van der Waals surface area contributed by atoms with Crippen LogP contribution in [0.1, 0.15) is 28.4 Å². The van der Waals surface area contributed by atoms with Gasteiger partial charge < -0.3 is 10.0 Å². The first kappa shape index (κ1) is 20.4. The molecular formula is C20H17ClFN3O4S. The first-order valence-electron chi connectivity index (χ1n) is 9.08. The third-order valence-electron chi connectivity index (χ3n) is 5.02. The minimum Gasteiger partial charge on any atom is -0.505 e. The second-order valence-electron chi connectivity index (χ2n) is 6.86. The number of fused-ring (bicyclic) bond motifs is 2. The molecule has 0 atom stereocenters. The van der Waals surface area contributed by atoms with Crippen molar-refractivity contribution >= 4 is 44.1 Å². The second kappa shape index (κ2) is 7.41. The normalized spacial score (nSPS) is 13.7. The quantitative estimate of drug-likeness (QED) is 0.579. The van der Waals surface area contributed by atoms with Gasteiger partial charge in [0.15, 0.2) is 5.75 Å². The van der Waals surface area contributed by atoms with Gasteiger partial charge >= 0.3 is 0 Å². The summed E-state index contributed by atoms with van der Waals surface area (Å²) in [6, 6.07) is 7.71. The van der Waals surface area contributed by atoms with E-state index >= 15 is 0 Å². The number of carbonyl (C=O) groups excluding carboxylic acids is 1. The van der Waals surface area contributed by atoms with E-state index in [9.17, 15) is 22.7 Å². The number of hydrogen-bond donors (Lipinski definition) is 2. The van der Waals surface area contributed by atoms with Gasteiger partial charge in [-0.3, -0.25) is 14.5 Å². The Kier molecular flexibility index (Phi) is 5.03. The van der Waals surface area contributed by atoms with Crippen LogP contribution in [0.3, 0.4) is 0 Å². The minimum atomic E-state index is -3.67. The topological polar surface area (TPSA) is 99.6 Å². The summed E-state index contributed by atoms with van der Waals surface area (Å²) in [5, 5.41) is 11.0. The van der Waals surface area contributed by atoms with Crippen molar-refractivity contribution in [2.24, 2.45) is 0 Å². The number of nitrogens with one attached hydrogen (secondary N) is 1. The van der Waals surface area contributed by atoms with E-state index in [-0.39, 0.29) is 51.9 Å². The Morgan fingerprint density at radius 3 is 2.80 bits per heavy atom. The summed E-state index contributed by atoms with van der Waals surface area (Å²) in [4.78, 5) is 18.5. The Morgan fingerprint density at radius 1 is 1.30 bits per heavy atom. The number of aromatic nitrogens is 1. The number of pyridine rings is 1. The average molecular weight is 450 g/mol. The molecule has 0 unspecified atom stereocenters. The van der Waals surface area contributed by atoms with Gasteiger partial charge in [0.1, 0.15) is 11.3 Å². The van der Waals surface area contributed by atoms with Crippen LogP contribution in [0.5, 0.6) is 5.75 Å². The Balaban J connectivity index is 1.85. The van der Waals surface area contributed by atoms with Crippen molar-refractivity contribution in [3.63, 3.8) is 0 Å². The van der Waals surface area contributed by atoms with Gasteiger partial charge in [-0.1, -0.05) is 23.7 Å². The predicted molar refractivity (Wildman–Crippen MR) is 111 cm³/mol. The van der Waals surface area contributed by atoms with Crippen molar-refractivity contribution in [1.29, 1.82) is 0 Å². The lowest BCUT2D eigenvalue weighted by Gasteiger charge is -2.17. The lowest BCUT2D eigenvalue weighted by atomic mass is 10.0. The molecule has 0 saturated carbocycles. The number of carbonyl (C=O) groups is 1. The number of phenols is 1. The number of rotatable bonds is 5. The number of anilines is 1. The van der Waals surface area contributed by atoms with Crippen LogP contribution in [0.15, 0.2) is 36.5 Å². The van der Waals surface area contributed by atoms with Crippen molar-refractivity contribution in [1.82, 2.24) is 9.88 Å². The maximum atomic E-state index is 14.3. The summed E-state index contributed by atoms with van der Waals surface area (Å²) in [6.45, 7) is 1.38. The first-order valence-corrected chi connectivity index (χ1v) is 11.1. The maximum Gasteiger partial charge on any atom is 0.258 e. The Labute approximate surface area is 177 Å². The van der Waals surface area contributed by atoms with Gasteiger partial charge in [0.25, 0.3) is 5.91 Å². The van der Waals surface area contributed by atoms with Gasteiger partial charge in [-0.05, 0) is 25.1 Å². The van der Waals surface area contributed by atoms with Gasteiger partial charge in [-0.25, -0.2) is 12.8 Å². The number of aromatic hydroxyl groups is 1. The number of benzene rings is 2. The highest BCUT2D eigenvalue weighted by Crippen LogP contribution is 2.43. The summed E-state index contributed by atoms with van der Waals surface area (Å²) >= 11 is 5.83. The summed E-state index contributed by atoms with van der Waals surface area (Å²) in [6.07, 6.45) is 1.44. The Morgan fingerprint density at radius 2 is 2.07 bits per heavy atom. The molecular weight excluding hydrogens is 433 g/mol. The van der Waals surface area contributed by atoms with E-state index in [2.05, 4.69) is 9.71 Å². The zero-order chi connectivity index (χ0) is 21.6. The molecule has 1 amide bonds. The van der Waals surface area contributed by atoms with E-state index in [1.807, 2.05) is 0 Å². The van der Waals surface area contributed by atoms with Crippen molar-refractivity contribution in [3.8, 4) is 5.75 Å². The highest BCUT2D eigenvalue weighted by Gasteiger charge is 2.36. The number of nitrogens with zero attached hydrogens (tertiary/aromatic N) is 2. The zero-order valence-corrected chi connectivity index (χ0v) is 17.4. The SMILES string of the molecule is CCS(=O)(=O)Nc1c2c(c(O)c3ncccc13)C(=O)N(Cc1cccc(Cl)c1F)C2. The molecule has 2 heterocycles. The lowest BCUT2D eigenvalue weighted by molar-refractivity contribution is 0.0763. The smallest absolute Gasteiger partial charge is 0.258 e. The summed E-state index contributed by atoms with van der Waals surface area (Å²) in [5.41, 5.74) is 0.778. The number of amides is 1. The number of halogens is 2. The second-order valence-corrected chi connectivity index (χ2v) is 9.27. The molecule has 3 aromatic rings. The molecule has 7 nitrogen and oxygen atoms in total. The fourth-order valence-electron chi connectivity index (χ4n) is 3.50. The standard InChI is InChI=1S/C20H17ClFN3O4S/c1-2-30(28,29)24-17-12-6-4-8-23-18(12)19(26)15-13(17)10-25(20(15)27)9-11-5-3-7-14(21)16(11)22/h3-8,24,26H,2,9-10H2,1H3. The molecule has 30 heavy (non-hydrogen) atoms. The monoisotopic (exact) mass is 449 g/mol. The molecule has 1 aromatic heterocycles. The molecule has 0 radical (unpaired) electrons. The van der Waals surface area contributed by atoms with Crippen LogP contribution in [0.25, 0.3) is 10.9 Å². The molecule has 1 aliphatic rings. The van der Waals surface area contributed by atoms with Crippen LogP contribution >= 0.6 is 11.6 Å². The molecule has 1 aliphatic heterocycles. The van der Waals surface area contributed by atoms with Gasteiger partial charge in [-0.2, -0.15) is 0 Å². The fraction of sp³-hybridized carbons (Fsp3) is 0.200. The Hall–Kier alpha value is -2.91. The van der Waals surface area contributed by atoms with E-state index in [0.29, 0.717) is 10.9 Å². The average Bonchev–Trinajstić information content (AvgIpc) is 3.05. The molecule has 0 spiro atoms. The van der Waals surface area contributed by atoms with Gasteiger partial charge in [-0.15, -0.1) is 0 Å². The molecule has 156 valence electrons. The molecule has 10 heteroatoms. The largest absolute Gasteiger partial charge is 0.505 e. The van der Waals surface area contributed by atoms with E-state index in [1.54, 1.807) is 18.2 Å². The molecule has 0 aliphatic carbocycles. The van der Waals surface area contributed by atoms with Crippen LogP contribution in [0.2, 0.25) is 5.02 Å². The fourth-order valence-corrected chi connectivity index (χ4v) is 4.38. The third-order valence-corrected chi connectivity index (χ3v) is 6.59. The molecule has 4 rings (SSSR count). The Bertz CT molecular complexity index is 1300. The van der Waals surface area contributed by atoms with E-state index in [0.717, 1.165) is 0 Å². The van der Waals surface area contributed by atoms with Crippen molar-refractivity contribution < 1.29 is 22.7 Å². The van der Waals surface area contributed by atoms with Crippen molar-refractivity contribution in [2.75, 3.05) is 10.5 Å². The van der Waals surface area contributed by atoms with Gasteiger partial charge in [0, 0.05) is 35.8 Å². The van der Waals surface area contributed by atoms with Crippen LogP contribution in [0, 0.1) is 5.82 Å². The highest BCUT2D eigenvalue weighted by molar-refractivity contribution is 7.92. The van der Waals surface area contributed by atoms with E-state index in [4.69, 9.17) is 11.6 Å². The van der Waals surface area contributed by atoms with Gasteiger partial charge in [0.2, 0.25) is 10.0 Å².